The molecule has 1 atom stereocenters. The van der Waals surface area contributed by atoms with Crippen molar-refractivity contribution in [3.8, 4) is 5.75 Å². The molecule has 1 nitrogen and oxygen atoms in total. The zero-order chi connectivity index (χ0) is 12.7. The summed E-state index contributed by atoms with van der Waals surface area (Å²) in [5.41, 5.74) is 1.25. The number of benzene rings is 1. The van der Waals surface area contributed by atoms with E-state index >= 15 is 0 Å². The van der Waals surface area contributed by atoms with E-state index in [0.29, 0.717) is 11.4 Å². The Morgan fingerprint density at radius 1 is 1.24 bits per heavy atom. The summed E-state index contributed by atoms with van der Waals surface area (Å²) in [6, 6.07) is 6.22. The number of rotatable bonds is 7. The van der Waals surface area contributed by atoms with Crippen molar-refractivity contribution in [2.24, 2.45) is 0 Å². The zero-order valence-electron chi connectivity index (χ0n) is 10.5. The van der Waals surface area contributed by atoms with E-state index in [9.17, 15) is 0 Å². The number of halogens is 2. The molecule has 0 saturated heterocycles. The lowest BCUT2D eigenvalue weighted by molar-refractivity contribution is 0.336. The lowest BCUT2D eigenvalue weighted by atomic mass is 10.1. The number of unbranched alkanes of at least 4 members (excludes halogenated alkanes) is 2. The van der Waals surface area contributed by atoms with E-state index in [4.69, 9.17) is 4.74 Å². The fourth-order valence-electron chi connectivity index (χ4n) is 1.78. The molecule has 0 amide bonds. The lowest BCUT2D eigenvalue weighted by Crippen LogP contribution is -1.99. The van der Waals surface area contributed by atoms with E-state index in [-0.39, 0.29) is 0 Å². The van der Waals surface area contributed by atoms with Crippen LogP contribution in [0.15, 0.2) is 22.7 Å². The highest BCUT2D eigenvalue weighted by Gasteiger charge is 2.13. The summed E-state index contributed by atoms with van der Waals surface area (Å²) in [7, 11) is 0. The molecule has 0 bridgehead atoms. The quantitative estimate of drug-likeness (QED) is 0.435. The van der Waals surface area contributed by atoms with Gasteiger partial charge in [0.25, 0.3) is 0 Å². The van der Waals surface area contributed by atoms with Gasteiger partial charge in [-0.3, -0.25) is 0 Å². The summed E-state index contributed by atoms with van der Waals surface area (Å²) in [6.45, 7) is 4.96. The molecule has 1 rings (SSSR count). The Morgan fingerprint density at radius 3 is 2.65 bits per heavy atom. The van der Waals surface area contributed by atoms with Gasteiger partial charge in [-0.05, 0) is 31.5 Å². The van der Waals surface area contributed by atoms with Crippen LogP contribution in [-0.4, -0.2) is 6.61 Å². The van der Waals surface area contributed by atoms with Crippen molar-refractivity contribution >= 4 is 31.9 Å². The van der Waals surface area contributed by atoms with Gasteiger partial charge in [0, 0.05) is 14.9 Å². The van der Waals surface area contributed by atoms with Crippen molar-refractivity contribution in [2.75, 3.05) is 6.61 Å². The number of alkyl halides is 1. The Morgan fingerprint density at radius 2 is 2.00 bits per heavy atom. The molecule has 3 heteroatoms. The van der Waals surface area contributed by atoms with Crippen molar-refractivity contribution in [1.29, 1.82) is 0 Å². The highest BCUT2D eigenvalue weighted by Crippen LogP contribution is 2.36. The fraction of sp³-hybridized carbons (Fsp3) is 0.571. The summed E-state index contributed by atoms with van der Waals surface area (Å²) >= 11 is 7.29. The summed E-state index contributed by atoms with van der Waals surface area (Å²) in [4.78, 5) is 0.382. The van der Waals surface area contributed by atoms with E-state index in [1.54, 1.807) is 0 Å². The van der Waals surface area contributed by atoms with Crippen LogP contribution in [0.2, 0.25) is 0 Å². The zero-order valence-corrected chi connectivity index (χ0v) is 13.7. The van der Waals surface area contributed by atoms with Gasteiger partial charge in [-0.25, -0.2) is 0 Å². The van der Waals surface area contributed by atoms with Crippen LogP contribution in [0.5, 0.6) is 5.75 Å². The first-order chi connectivity index (χ1) is 8.19. The number of hydrogen-bond donors (Lipinski definition) is 0. The fourth-order valence-corrected chi connectivity index (χ4v) is 2.84. The molecule has 1 aromatic carbocycles. The molecule has 0 radical (unpaired) electrons. The molecular weight excluding hydrogens is 344 g/mol. The summed E-state index contributed by atoms with van der Waals surface area (Å²) < 4.78 is 6.78. The van der Waals surface area contributed by atoms with Gasteiger partial charge in [-0.15, -0.1) is 0 Å². The number of hydrogen-bond acceptors (Lipinski definition) is 1. The standard InChI is InChI=1S/C14H20Br2O/c1-3-5-6-7-13(16)12-10-11(15)8-9-14(12)17-4-2/h8-10,13H,3-7H2,1-2H3. The van der Waals surface area contributed by atoms with Gasteiger partial charge in [0.15, 0.2) is 0 Å². The molecule has 0 aliphatic carbocycles. The molecular formula is C14H20Br2O. The van der Waals surface area contributed by atoms with Gasteiger partial charge in [-0.1, -0.05) is 58.0 Å². The maximum Gasteiger partial charge on any atom is 0.123 e. The first-order valence-corrected chi connectivity index (χ1v) is 7.96. The minimum atomic E-state index is 0.382. The molecule has 17 heavy (non-hydrogen) atoms. The molecule has 1 aromatic rings. The Labute approximate surface area is 121 Å². The van der Waals surface area contributed by atoms with E-state index in [1.165, 1.54) is 24.8 Å². The second-order valence-corrected chi connectivity index (χ2v) is 6.10. The maximum absolute atomic E-state index is 5.67. The van der Waals surface area contributed by atoms with Gasteiger partial charge >= 0.3 is 0 Å². The van der Waals surface area contributed by atoms with E-state index in [2.05, 4.69) is 44.8 Å². The first kappa shape index (κ1) is 15.0. The second kappa shape index (κ2) is 8.15. The van der Waals surface area contributed by atoms with E-state index in [0.717, 1.165) is 16.6 Å². The van der Waals surface area contributed by atoms with Crippen LogP contribution in [0.3, 0.4) is 0 Å². The molecule has 0 aliphatic heterocycles. The summed E-state index contributed by atoms with van der Waals surface area (Å²) in [6.07, 6.45) is 4.96. The molecule has 0 N–H and O–H groups in total. The third kappa shape index (κ3) is 5.01. The predicted molar refractivity (Wildman–Crippen MR) is 81.1 cm³/mol. The van der Waals surface area contributed by atoms with Crippen LogP contribution >= 0.6 is 31.9 Å². The Hall–Kier alpha value is -0.0200. The third-order valence-corrected chi connectivity index (χ3v) is 4.11. The van der Waals surface area contributed by atoms with Gasteiger partial charge in [0.1, 0.15) is 5.75 Å². The average molecular weight is 364 g/mol. The Kier molecular flexibility index (Phi) is 7.21. The van der Waals surface area contributed by atoms with Gasteiger partial charge in [0.2, 0.25) is 0 Å². The molecule has 0 aromatic heterocycles. The topological polar surface area (TPSA) is 9.23 Å². The van der Waals surface area contributed by atoms with Crippen LogP contribution in [0.4, 0.5) is 0 Å². The largest absolute Gasteiger partial charge is 0.494 e. The van der Waals surface area contributed by atoms with Crippen molar-refractivity contribution in [1.82, 2.24) is 0 Å². The highest BCUT2D eigenvalue weighted by molar-refractivity contribution is 9.10. The summed E-state index contributed by atoms with van der Waals surface area (Å²) in [5, 5.41) is 0. The van der Waals surface area contributed by atoms with E-state index in [1.807, 2.05) is 19.1 Å². The molecule has 96 valence electrons. The molecule has 0 spiro atoms. The van der Waals surface area contributed by atoms with Crippen LogP contribution in [0.25, 0.3) is 0 Å². The minimum Gasteiger partial charge on any atom is -0.494 e. The van der Waals surface area contributed by atoms with Crippen molar-refractivity contribution in [2.45, 2.75) is 44.4 Å². The van der Waals surface area contributed by atoms with E-state index < -0.39 is 0 Å². The molecule has 0 fully saturated rings. The normalized spacial score (nSPS) is 12.5. The smallest absolute Gasteiger partial charge is 0.123 e. The highest BCUT2D eigenvalue weighted by atomic mass is 79.9. The molecule has 0 aliphatic rings. The average Bonchev–Trinajstić information content (AvgIpc) is 2.32. The molecule has 0 heterocycles. The summed E-state index contributed by atoms with van der Waals surface area (Å²) in [5.74, 6) is 0.995. The van der Waals surface area contributed by atoms with Crippen molar-refractivity contribution in [3.63, 3.8) is 0 Å². The SMILES string of the molecule is CCCCCC(Br)c1cc(Br)ccc1OCC. The maximum atomic E-state index is 5.67. The second-order valence-electron chi connectivity index (χ2n) is 4.08. The van der Waals surface area contributed by atoms with Gasteiger partial charge < -0.3 is 4.74 Å². The van der Waals surface area contributed by atoms with Crippen LogP contribution in [0, 0.1) is 0 Å². The lowest BCUT2D eigenvalue weighted by Gasteiger charge is -2.15. The Balaban J connectivity index is 2.74. The van der Waals surface area contributed by atoms with Crippen molar-refractivity contribution in [3.05, 3.63) is 28.2 Å². The monoisotopic (exact) mass is 362 g/mol. The van der Waals surface area contributed by atoms with Crippen LogP contribution in [0.1, 0.15) is 49.9 Å². The van der Waals surface area contributed by atoms with Gasteiger partial charge in [-0.2, -0.15) is 0 Å². The van der Waals surface area contributed by atoms with Gasteiger partial charge in [0.05, 0.1) is 6.61 Å². The van der Waals surface area contributed by atoms with Crippen LogP contribution < -0.4 is 4.74 Å². The van der Waals surface area contributed by atoms with Crippen molar-refractivity contribution < 1.29 is 4.74 Å². The molecule has 0 saturated carbocycles. The third-order valence-electron chi connectivity index (χ3n) is 2.67. The predicted octanol–water partition coefficient (Wildman–Crippen LogP) is 5.86. The Bertz CT molecular complexity index is 339. The first-order valence-electron chi connectivity index (χ1n) is 6.25. The number of ether oxygens (including phenoxy) is 1. The minimum absolute atomic E-state index is 0.382. The molecule has 1 unspecified atom stereocenters. The van der Waals surface area contributed by atoms with Crippen LogP contribution in [-0.2, 0) is 0 Å².